The number of hydrogen-bond acceptors (Lipinski definition) is 3. The molecule has 3 nitrogen and oxygen atoms in total. The number of hydrogen-bond donors (Lipinski definition) is 1. The molecule has 0 bridgehead atoms. The summed E-state index contributed by atoms with van der Waals surface area (Å²) in [6.45, 7) is 33.8. The lowest BCUT2D eigenvalue weighted by molar-refractivity contribution is 0.331. The average molecular weight is 1010 g/mol. The highest BCUT2D eigenvalue weighted by Crippen LogP contribution is 2.60. The van der Waals surface area contributed by atoms with E-state index in [0.29, 0.717) is 0 Å². The molecule has 0 spiro atoms. The van der Waals surface area contributed by atoms with Gasteiger partial charge in [0.05, 0.1) is 15.7 Å². The van der Waals surface area contributed by atoms with Crippen LogP contribution >= 0.6 is 11.3 Å². The Morgan fingerprint density at radius 1 is 0.566 bits per heavy atom. The molecule has 0 saturated carbocycles. The molecule has 1 N–H and O–H groups in total. The Morgan fingerprint density at radius 3 is 1.92 bits per heavy atom. The zero-order valence-electron chi connectivity index (χ0n) is 47.1. The predicted octanol–water partition coefficient (Wildman–Crippen LogP) is 17.7. The summed E-state index contributed by atoms with van der Waals surface area (Å²) in [5.41, 5.74) is 30.2. The van der Waals surface area contributed by atoms with Gasteiger partial charge in [-0.3, -0.25) is 0 Å². The highest BCUT2D eigenvalue weighted by atomic mass is 32.1. The van der Waals surface area contributed by atoms with Crippen LogP contribution in [0.3, 0.4) is 0 Å². The Labute approximate surface area is 455 Å². The van der Waals surface area contributed by atoms with Gasteiger partial charge in [-0.05, 0) is 167 Å². The largest absolute Gasteiger partial charge is 0.355 e. The first-order valence-electron chi connectivity index (χ1n) is 28.0. The fourth-order valence-electron chi connectivity index (χ4n) is 14.4. The van der Waals surface area contributed by atoms with Crippen LogP contribution in [0, 0.1) is 0 Å². The number of nitrogens with one attached hydrogen (secondary N) is 1. The van der Waals surface area contributed by atoms with Gasteiger partial charge in [-0.15, -0.1) is 11.3 Å². The lowest BCUT2D eigenvalue weighted by Gasteiger charge is -2.42. The summed E-state index contributed by atoms with van der Waals surface area (Å²) in [7, 11) is 0.781. The number of anilines is 2. The fourth-order valence-corrected chi connectivity index (χ4v) is 15.4. The molecule has 8 aromatic carbocycles. The Balaban J connectivity index is 1.13. The molecule has 0 unspecified atom stereocenters. The van der Waals surface area contributed by atoms with Crippen molar-refractivity contribution in [1.82, 2.24) is 9.55 Å². The minimum atomic E-state index is -0.290. The first-order valence-corrected chi connectivity index (χ1v) is 28.8. The zero-order chi connectivity index (χ0) is 53.0. The van der Waals surface area contributed by atoms with E-state index >= 15 is 0 Å². The van der Waals surface area contributed by atoms with E-state index in [1.807, 2.05) is 0 Å². The molecule has 1 aliphatic heterocycles. The molecule has 5 heteroatoms. The maximum Gasteiger partial charge on any atom is 0.198 e. The van der Waals surface area contributed by atoms with Crippen LogP contribution in [-0.4, -0.2) is 16.8 Å². The topological polar surface area (TPSA) is 29.9 Å². The van der Waals surface area contributed by atoms with Crippen LogP contribution in [0.4, 0.5) is 11.4 Å². The van der Waals surface area contributed by atoms with E-state index in [2.05, 4.69) is 240 Å². The second-order valence-electron chi connectivity index (χ2n) is 27.6. The SMILES string of the molecule is CC(C)(C)c1ccc(Nc2cc3c(cc2-c2c4c(c5c6cc(C(C)(C)C)ccc6n6c5c2Bc2cc5nc(-c7ccccc7)sc5cc2-6)C(C)(C)c2ccccc2-4)-c2cc4c(cc2C3(C)C)C(C)(C)CCC4(C)C)cc1. The maximum atomic E-state index is 5.38. The normalized spacial score (nSPS) is 17.0. The summed E-state index contributed by atoms with van der Waals surface area (Å²) >= 11 is 1.81. The van der Waals surface area contributed by atoms with Gasteiger partial charge in [-0.25, -0.2) is 4.98 Å². The van der Waals surface area contributed by atoms with Crippen LogP contribution in [0.15, 0.2) is 133 Å². The molecule has 2 aromatic heterocycles. The number of thiazole rings is 1. The minimum absolute atomic E-state index is 0.0296. The quantitative estimate of drug-likeness (QED) is 0.178. The van der Waals surface area contributed by atoms with Gasteiger partial charge in [0.25, 0.3) is 0 Å². The van der Waals surface area contributed by atoms with Gasteiger partial charge >= 0.3 is 0 Å². The van der Waals surface area contributed by atoms with Crippen molar-refractivity contribution < 1.29 is 0 Å². The van der Waals surface area contributed by atoms with Crippen LogP contribution < -0.4 is 16.2 Å². The van der Waals surface area contributed by atoms with Gasteiger partial charge in [0, 0.05) is 55.3 Å². The highest BCUT2D eigenvalue weighted by Gasteiger charge is 2.46. The van der Waals surface area contributed by atoms with Gasteiger partial charge in [0.1, 0.15) is 5.01 Å². The summed E-state index contributed by atoms with van der Waals surface area (Å²) in [5, 5.41) is 7.99. The molecule has 14 rings (SSSR count). The van der Waals surface area contributed by atoms with E-state index in [0.717, 1.165) is 34.7 Å². The third-order valence-corrected chi connectivity index (χ3v) is 20.0. The number of fused-ring (bicyclic) bond motifs is 14. The lowest BCUT2D eigenvalue weighted by atomic mass is 9.57. The van der Waals surface area contributed by atoms with Crippen molar-refractivity contribution >= 4 is 72.9 Å². The maximum absolute atomic E-state index is 5.38. The Hall–Kier alpha value is -6.69. The van der Waals surface area contributed by atoms with Crippen LogP contribution in [0.2, 0.25) is 0 Å². The molecule has 3 aliphatic carbocycles. The lowest BCUT2D eigenvalue weighted by Crippen LogP contribution is -2.38. The first kappa shape index (κ1) is 47.7. The number of aromatic nitrogens is 2. The third-order valence-electron chi connectivity index (χ3n) is 19.0. The molecule has 0 saturated heterocycles. The average Bonchev–Trinajstić information content (AvgIpc) is 4.09. The summed E-state index contributed by atoms with van der Waals surface area (Å²) in [6, 6.07) is 52.1. The summed E-state index contributed by atoms with van der Waals surface area (Å²) in [5.74, 6) is 0. The van der Waals surface area contributed by atoms with Crippen molar-refractivity contribution in [3.8, 4) is 49.6 Å². The second kappa shape index (κ2) is 15.5. The van der Waals surface area contributed by atoms with Gasteiger partial charge in [0.2, 0.25) is 0 Å². The molecule has 0 radical (unpaired) electrons. The summed E-state index contributed by atoms with van der Waals surface area (Å²) in [6.07, 6.45) is 2.38. The van der Waals surface area contributed by atoms with Crippen molar-refractivity contribution in [2.24, 2.45) is 0 Å². The van der Waals surface area contributed by atoms with Gasteiger partial charge in [-0.2, -0.15) is 0 Å². The van der Waals surface area contributed by atoms with E-state index in [9.17, 15) is 0 Å². The van der Waals surface area contributed by atoms with Crippen molar-refractivity contribution in [3.63, 3.8) is 0 Å². The fraction of sp³-hybridized carbons (Fsp3) is 0.310. The van der Waals surface area contributed by atoms with E-state index in [4.69, 9.17) is 4.98 Å². The monoisotopic (exact) mass is 1010 g/mol. The van der Waals surface area contributed by atoms with Gasteiger partial charge in [0.15, 0.2) is 7.28 Å². The van der Waals surface area contributed by atoms with Crippen molar-refractivity contribution in [2.75, 3.05) is 5.32 Å². The third kappa shape index (κ3) is 6.69. The molecule has 0 fully saturated rings. The standard InChI is InChI=1S/C71H70BN3S/c1-66(2,3)40-24-27-42(28-25-40)73-54-36-50-44(45-34-51-52(35-49(45)70(50,11)12)69(9,10)31-30-68(51,7)8)33-46(54)60-59-43-22-18-19-23-48(43)71(13,14)62(59)61-47-32-41(67(4,5)6)26-29-56(47)75-57-38-58-55(37-53(57)72-63(60)64(61)75)74-65(76-58)39-20-16-15-17-21-39/h15-29,32-38,72-73H,30-31H2,1-14H3. The Kier molecular flexibility index (Phi) is 9.74. The number of rotatable bonds is 4. The molecule has 378 valence electrons. The van der Waals surface area contributed by atoms with Crippen LogP contribution in [-0.2, 0) is 32.5 Å². The molecular formula is C71H70BN3S. The number of nitrogens with zero attached hydrogens (tertiary/aromatic N) is 2. The van der Waals surface area contributed by atoms with Crippen molar-refractivity contribution in [3.05, 3.63) is 178 Å². The smallest absolute Gasteiger partial charge is 0.198 e. The second-order valence-corrected chi connectivity index (χ2v) is 28.6. The molecule has 10 aromatic rings. The molecule has 0 amide bonds. The van der Waals surface area contributed by atoms with Crippen LogP contribution in [0.25, 0.3) is 81.7 Å². The number of benzene rings is 8. The molecule has 3 heterocycles. The van der Waals surface area contributed by atoms with Gasteiger partial charge < -0.3 is 9.88 Å². The Morgan fingerprint density at radius 2 is 1.21 bits per heavy atom. The predicted molar refractivity (Wildman–Crippen MR) is 329 cm³/mol. The summed E-state index contributed by atoms with van der Waals surface area (Å²) in [4.78, 5) is 5.38. The van der Waals surface area contributed by atoms with Crippen LogP contribution in [0.1, 0.15) is 154 Å². The minimum Gasteiger partial charge on any atom is -0.355 e. The van der Waals surface area contributed by atoms with Crippen molar-refractivity contribution in [1.29, 1.82) is 0 Å². The van der Waals surface area contributed by atoms with E-state index < -0.39 is 0 Å². The van der Waals surface area contributed by atoms with Gasteiger partial charge in [-0.1, -0.05) is 181 Å². The molecule has 0 atom stereocenters. The summed E-state index contributed by atoms with van der Waals surface area (Å²) < 4.78 is 3.89. The van der Waals surface area contributed by atoms with E-state index in [-0.39, 0.29) is 32.5 Å². The molecule has 4 aliphatic rings. The first-order chi connectivity index (χ1) is 35.9. The van der Waals surface area contributed by atoms with E-state index in [1.54, 1.807) is 11.3 Å². The van der Waals surface area contributed by atoms with Crippen molar-refractivity contribution in [2.45, 2.75) is 142 Å². The van der Waals surface area contributed by atoms with Crippen LogP contribution in [0.5, 0.6) is 0 Å². The molecule has 76 heavy (non-hydrogen) atoms. The molecular weight excluding hydrogens is 938 g/mol. The van der Waals surface area contributed by atoms with E-state index in [1.165, 1.54) is 134 Å². The Bertz CT molecular complexity index is 4160. The highest BCUT2D eigenvalue weighted by molar-refractivity contribution is 7.21. The zero-order valence-corrected chi connectivity index (χ0v) is 47.9.